The summed E-state index contributed by atoms with van der Waals surface area (Å²) in [6.45, 7) is 7.20. The molecule has 32 heavy (non-hydrogen) atoms. The van der Waals surface area contributed by atoms with Crippen molar-refractivity contribution in [1.82, 2.24) is 10.2 Å². The van der Waals surface area contributed by atoms with E-state index in [0.29, 0.717) is 6.79 Å². The van der Waals surface area contributed by atoms with Gasteiger partial charge in [0.15, 0.2) is 11.5 Å². The Bertz CT molecular complexity index is 1030. The van der Waals surface area contributed by atoms with Gasteiger partial charge in [0.1, 0.15) is 5.82 Å². The fourth-order valence-corrected chi connectivity index (χ4v) is 4.24. The van der Waals surface area contributed by atoms with Gasteiger partial charge in [0.2, 0.25) is 6.79 Å². The van der Waals surface area contributed by atoms with Gasteiger partial charge in [-0.1, -0.05) is 30.3 Å². The van der Waals surface area contributed by atoms with Gasteiger partial charge in [0.05, 0.1) is 0 Å². The van der Waals surface area contributed by atoms with Crippen molar-refractivity contribution in [3.63, 3.8) is 0 Å². The molecule has 0 atom stereocenters. The molecule has 1 saturated heterocycles. The van der Waals surface area contributed by atoms with Crippen molar-refractivity contribution in [2.45, 2.75) is 6.54 Å². The molecular weight excluding hydrogens is 405 g/mol. The van der Waals surface area contributed by atoms with E-state index < -0.39 is 0 Å². The van der Waals surface area contributed by atoms with Crippen LogP contribution in [-0.2, 0) is 6.54 Å². The van der Waals surface area contributed by atoms with E-state index >= 15 is 0 Å². The average Bonchev–Trinajstić information content (AvgIpc) is 3.32. The minimum atomic E-state index is -0.186. The van der Waals surface area contributed by atoms with Crippen molar-refractivity contribution in [2.24, 2.45) is 0 Å². The number of benzene rings is 3. The van der Waals surface area contributed by atoms with Gasteiger partial charge in [-0.05, 0) is 53.1 Å². The molecular formula is C26H28FN3O2. The Morgan fingerprint density at radius 1 is 0.781 bits per heavy atom. The molecule has 3 aromatic rings. The fourth-order valence-electron chi connectivity index (χ4n) is 4.24. The number of rotatable bonds is 7. The summed E-state index contributed by atoms with van der Waals surface area (Å²) in [6.07, 6.45) is 0. The number of hydrogen-bond acceptors (Lipinski definition) is 5. The highest BCUT2D eigenvalue weighted by Gasteiger charge is 2.17. The number of halogens is 1. The molecule has 0 radical (unpaired) electrons. The summed E-state index contributed by atoms with van der Waals surface area (Å²) in [5.74, 6) is 1.44. The van der Waals surface area contributed by atoms with Gasteiger partial charge in [-0.2, -0.15) is 0 Å². The molecule has 0 spiro atoms. The quantitative estimate of drug-likeness (QED) is 0.567. The topological polar surface area (TPSA) is 37.0 Å². The molecule has 2 heterocycles. The lowest BCUT2D eigenvalue weighted by molar-refractivity contribution is 0.174. The smallest absolute Gasteiger partial charge is 0.231 e. The summed E-state index contributed by atoms with van der Waals surface area (Å²) in [6, 6.07) is 21.6. The Labute approximate surface area is 188 Å². The molecule has 0 amide bonds. The molecule has 0 saturated carbocycles. The third-order valence-electron chi connectivity index (χ3n) is 6.16. The normalized spacial score (nSPS) is 15.8. The van der Waals surface area contributed by atoms with Crippen LogP contribution < -0.4 is 19.7 Å². The summed E-state index contributed by atoms with van der Waals surface area (Å²) in [5.41, 5.74) is 4.70. The standard InChI is InChI=1S/C26H28FN3O2/c27-23-6-1-20(2-7-23)18-28-11-12-29-13-15-30(16-14-29)24-8-3-21(4-9-24)22-5-10-25-26(17-22)32-19-31-25/h1-10,17,28H,11-16,18-19H2. The molecule has 0 unspecified atom stereocenters. The zero-order valence-electron chi connectivity index (χ0n) is 18.1. The highest BCUT2D eigenvalue weighted by atomic mass is 19.1. The lowest BCUT2D eigenvalue weighted by Crippen LogP contribution is -2.48. The van der Waals surface area contributed by atoms with Gasteiger partial charge >= 0.3 is 0 Å². The lowest BCUT2D eigenvalue weighted by Gasteiger charge is -2.36. The third-order valence-corrected chi connectivity index (χ3v) is 6.16. The van der Waals surface area contributed by atoms with E-state index in [9.17, 15) is 4.39 Å². The SMILES string of the molecule is Fc1ccc(CNCCN2CCN(c3ccc(-c4ccc5c(c4)OCO5)cc3)CC2)cc1. The Morgan fingerprint density at radius 3 is 2.28 bits per heavy atom. The minimum absolute atomic E-state index is 0.186. The largest absolute Gasteiger partial charge is 0.454 e. The molecule has 0 aromatic heterocycles. The molecule has 2 aliphatic rings. The van der Waals surface area contributed by atoms with Crippen molar-refractivity contribution < 1.29 is 13.9 Å². The molecule has 1 fully saturated rings. The second-order valence-electron chi connectivity index (χ2n) is 8.25. The van der Waals surface area contributed by atoms with Gasteiger partial charge in [-0.25, -0.2) is 4.39 Å². The van der Waals surface area contributed by atoms with E-state index in [2.05, 4.69) is 45.4 Å². The zero-order chi connectivity index (χ0) is 21.8. The monoisotopic (exact) mass is 433 g/mol. The van der Waals surface area contributed by atoms with Crippen molar-refractivity contribution in [3.05, 3.63) is 78.1 Å². The van der Waals surface area contributed by atoms with Crippen LogP contribution in [0.1, 0.15) is 5.56 Å². The van der Waals surface area contributed by atoms with Crippen LogP contribution in [0.5, 0.6) is 11.5 Å². The average molecular weight is 434 g/mol. The van der Waals surface area contributed by atoms with Crippen LogP contribution in [0.25, 0.3) is 11.1 Å². The Hall–Kier alpha value is -3.09. The summed E-state index contributed by atoms with van der Waals surface area (Å²) >= 11 is 0. The van der Waals surface area contributed by atoms with Gasteiger partial charge in [-0.3, -0.25) is 4.90 Å². The van der Waals surface area contributed by atoms with Crippen molar-refractivity contribution in [2.75, 3.05) is 51.0 Å². The number of nitrogens with one attached hydrogen (secondary N) is 1. The number of ether oxygens (including phenoxy) is 2. The first-order valence-electron chi connectivity index (χ1n) is 11.2. The number of hydrogen-bond donors (Lipinski definition) is 1. The van der Waals surface area contributed by atoms with E-state index in [4.69, 9.17) is 9.47 Å². The molecule has 0 aliphatic carbocycles. The van der Waals surface area contributed by atoms with E-state index in [-0.39, 0.29) is 5.82 Å². The maximum Gasteiger partial charge on any atom is 0.231 e. The summed E-state index contributed by atoms with van der Waals surface area (Å²) < 4.78 is 23.9. The Balaban J connectivity index is 1.08. The Kier molecular flexibility index (Phi) is 6.23. The summed E-state index contributed by atoms with van der Waals surface area (Å²) in [7, 11) is 0. The highest BCUT2D eigenvalue weighted by molar-refractivity contribution is 5.69. The van der Waals surface area contributed by atoms with Crippen LogP contribution in [-0.4, -0.2) is 51.0 Å². The van der Waals surface area contributed by atoms with E-state index in [1.54, 1.807) is 0 Å². The summed E-state index contributed by atoms with van der Waals surface area (Å²) in [4.78, 5) is 4.95. The van der Waals surface area contributed by atoms with Crippen molar-refractivity contribution >= 4 is 5.69 Å². The van der Waals surface area contributed by atoms with Crippen LogP contribution in [0.3, 0.4) is 0 Å². The van der Waals surface area contributed by atoms with Crippen LogP contribution in [0.15, 0.2) is 66.7 Å². The van der Waals surface area contributed by atoms with Gasteiger partial charge in [0, 0.05) is 51.5 Å². The predicted octanol–water partition coefficient (Wildman–Crippen LogP) is 4.13. The third kappa shape index (κ3) is 4.87. The zero-order valence-corrected chi connectivity index (χ0v) is 18.1. The molecule has 6 heteroatoms. The van der Waals surface area contributed by atoms with Crippen LogP contribution in [0, 0.1) is 5.82 Å². The molecule has 5 rings (SSSR count). The van der Waals surface area contributed by atoms with Crippen LogP contribution in [0.2, 0.25) is 0 Å². The predicted molar refractivity (Wildman–Crippen MR) is 125 cm³/mol. The van der Waals surface area contributed by atoms with E-state index in [0.717, 1.165) is 68.4 Å². The van der Waals surface area contributed by atoms with Gasteiger partial charge in [0.25, 0.3) is 0 Å². The van der Waals surface area contributed by atoms with Crippen LogP contribution >= 0.6 is 0 Å². The van der Waals surface area contributed by atoms with Crippen molar-refractivity contribution in [1.29, 1.82) is 0 Å². The fraction of sp³-hybridized carbons (Fsp3) is 0.308. The molecule has 0 bridgehead atoms. The Morgan fingerprint density at radius 2 is 1.50 bits per heavy atom. The molecule has 166 valence electrons. The summed E-state index contributed by atoms with van der Waals surface area (Å²) in [5, 5.41) is 3.45. The van der Waals surface area contributed by atoms with Gasteiger partial charge < -0.3 is 19.7 Å². The van der Waals surface area contributed by atoms with E-state index in [1.807, 2.05) is 24.3 Å². The highest BCUT2D eigenvalue weighted by Crippen LogP contribution is 2.36. The molecule has 3 aromatic carbocycles. The number of piperazine rings is 1. The first-order valence-corrected chi connectivity index (χ1v) is 11.2. The number of nitrogens with zero attached hydrogens (tertiary/aromatic N) is 2. The van der Waals surface area contributed by atoms with Gasteiger partial charge in [-0.15, -0.1) is 0 Å². The first-order chi connectivity index (χ1) is 15.7. The first kappa shape index (κ1) is 20.8. The molecule has 1 N–H and O–H groups in total. The maximum absolute atomic E-state index is 13.0. The maximum atomic E-state index is 13.0. The molecule has 5 nitrogen and oxygen atoms in total. The second kappa shape index (κ2) is 9.59. The van der Waals surface area contributed by atoms with Crippen LogP contribution in [0.4, 0.5) is 10.1 Å². The lowest BCUT2D eigenvalue weighted by atomic mass is 10.0. The second-order valence-corrected chi connectivity index (χ2v) is 8.25. The van der Waals surface area contributed by atoms with Crippen molar-refractivity contribution in [3.8, 4) is 22.6 Å². The molecule has 2 aliphatic heterocycles. The van der Waals surface area contributed by atoms with E-state index in [1.165, 1.54) is 23.4 Å². The number of fused-ring (bicyclic) bond motifs is 1. The number of anilines is 1. The minimum Gasteiger partial charge on any atom is -0.454 e.